The second-order valence-electron chi connectivity index (χ2n) is 8.03. The number of amides is 1. The lowest BCUT2D eigenvalue weighted by molar-refractivity contribution is 0.0949. The number of aryl methyl sites for hydroxylation is 3. The zero-order valence-corrected chi connectivity index (χ0v) is 19.3. The quantitative estimate of drug-likeness (QED) is 0.367. The smallest absolute Gasteiger partial charge is 0.251 e. The number of ether oxygens (including phenoxy) is 2. The van der Waals surface area contributed by atoms with E-state index >= 15 is 0 Å². The number of hydrogen-bond acceptors (Lipinski definition) is 4. The third-order valence-corrected chi connectivity index (χ3v) is 5.77. The van der Waals surface area contributed by atoms with Gasteiger partial charge < -0.3 is 19.4 Å². The summed E-state index contributed by atoms with van der Waals surface area (Å²) in [5.41, 5.74) is 5.04. The fraction of sp³-hybridized carbons (Fsp3) is 0.259. The van der Waals surface area contributed by atoms with Gasteiger partial charge in [-0.05, 0) is 79.9 Å². The molecule has 0 aliphatic rings. The highest BCUT2D eigenvalue weighted by molar-refractivity contribution is 5.94. The van der Waals surface area contributed by atoms with Gasteiger partial charge in [-0.15, -0.1) is 0 Å². The van der Waals surface area contributed by atoms with Crippen LogP contribution in [0.25, 0.3) is 11.0 Å². The molecular formula is C27H29N3O3. The first-order chi connectivity index (χ1) is 16.0. The molecule has 0 fully saturated rings. The molecule has 0 radical (unpaired) electrons. The van der Waals surface area contributed by atoms with Crippen molar-refractivity contribution in [1.82, 2.24) is 14.9 Å². The second-order valence-corrected chi connectivity index (χ2v) is 8.03. The highest BCUT2D eigenvalue weighted by Crippen LogP contribution is 2.19. The van der Waals surface area contributed by atoms with Crippen LogP contribution in [0.5, 0.6) is 11.5 Å². The number of carbonyl (C=O) groups excluding carboxylic acids is 1. The number of nitrogens with zero attached hydrogens (tertiary/aromatic N) is 2. The van der Waals surface area contributed by atoms with Crippen molar-refractivity contribution in [3.8, 4) is 11.5 Å². The standard InChI is InChI=1S/C27H29N3O3/c1-19-9-12-23(17-20(19)2)33-16-6-15-30-25-8-5-4-7-24(25)29-26(30)18-28-27(31)21-10-13-22(32-3)14-11-21/h4-5,7-14,17H,6,15-16,18H2,1-3H3,(H,28,31). The van der Waals surface area contributed by atoms with E-state index in [4.69, 9.17) is 14.5 Å². The van der Waals surface area contributed by atoms with Crippen LogP contribution in [0.15, 0.2) is 66.7 Å². The summed E-state index contributed by atoms with van der Waals surface area (Å²) in [5.74, 6) is 2.29. The largest absolute Gasteiger partial charge is 0.497 e. The van der Waals surface area contributed by atoms with Crippen LogP contribution in [-0.4, -0.2) is 29.2 Å². The van der Waals surface area contributed by atoms with E-state index in [2.05, 4.69) is 41.9 Å². The summed E-state index contributed by atoms with van der Waals surface area (Å²) >= 11 is 0. The van der Waals surface area contributed by atoms with Crippen molar-refractivity contribution in [1.29, 1.82) is 0 Å². The van der Waals surface area contributed by atoms with Gasteiger partial charge in [-0.3, -0.25) is 4.79 Å². The maximum Gasteiger partial charge on any atom is 0.251 e. The highest BCUT2D eigenvalue weighted by atomic mass is 16.5. The number of fused-ring (bicyclic) bond motifs is 1. The third-order valence-electron chi connectivity index (χ3n) is 5.77. The van der Waals surface area contributed by atoms with Gasteiger partial charge in [0, 0.05) is 12.1 Å². The Morgan fingerprint density at radius 1 is 0.970 bits per heavy atom. The Balaban J connectivity index is 1.41. The normalized spacial score (nSPS) is 10.9. The van der Waals surface area contributed by atoms with Crippen molar-refractivity contribution in [3.63, 3.8) is 0 Å². The van der Waals surface area contributed by atoms with E-state index in [1.807, 2.05) is 24.3 Å². The predicted octanol–water partition coefficient (Wildman–Crippen LogP) is 5.06. The lowest BCUT2D eigenvalue weighted by Crippen LogP contribution is -2.25. The van der Waals surface area contributed by atoms with Crippen molar-refractivity contribution >= 4 is 16.9 Å². The van der Waals surface area contributed by atoms with Crippen LogP contribution in [-0.2, 0) is 13.1 Å². The molecule has 0 saturated carbocycles. The summed E-state index contributed by atoms with van der Waals surface area (Å²) in [6, 6.07) is 21.2. The van der Waals surface area contributed by atoms with Gasteiger partial charge in [0.1, 0.15) is 17.3 Å². The third kappa shape index (κ3) is 5.34. The fourth-order valence-corrected chi connectivity index (χ4v) is 3.73. The maximum atomic E-state index is 12.6. The van der Waals surface area contributed by atoms with Gasteiger partial charge >= 0.3 is 0 Å². The number of methoxy groups -OCH3 is 1. The molecule has 6 heteroatoms. The van der Waals surface area contributed by atoms with Gasteiger partial charge in [0.05, 0.1) is 31.3 Å². The van der Waals surface area contributed by atoms with Crippen molar-refractivity contribution in [3.05, 3.63) is 89.2 Å². The van der Waals surface area contributed by atoms with Gasteiger partial charge in [0.2, 0.25) is 0 Å². The SMILES string of the molecule is COc1ccc(C(=O)NCc2nc3ccccc3n2CCCOc2ccc(C)c(C)c2)cc1. The molecule has 0 atom stereocenters. The second kappa shape index (κ2) is 10.2. The molecule has 1 amide bonds. The van der Waals surface area contributed by atoms with Crippen LogP contribution in [0.3, 0.4) is 0 Å². The van der Waals surface area contributed by atoms with Crippen molar-refractivity contribution in [2.24, 2.45) is 0 Å². The summed E-state index contributed by atoms with van der Waals surface area (Å²) < 4.78 is 13.3. The number of nitrogens with one attached hydrogen (secondary N) is 1. The number of carbonyl (C=O) groups is 1. The average molecular weight is 444 g/mol. The molecular weight excluding hydrogens is 414 g/mol. The van der Waals surface area contributed by atoms with E-state index in [1.165, 1.54) is 11.1 Å². The van der Waals surface area contributed by atoms with Gasteiger partial charge in [0.15, 0.2) is 0 Å². The van der Waals surface area contributed by atoms with Crippen LogP contribution >= 0.6 is 0 Å². The van der Waals surface area contributed by atoms with Crippen LogP contribution in [0.1, 0.15) is 33.7 Å². The summed E-state index contributed by atoms with van der Waals surface area (Å²) in [5, 5.41) is 2.99. The van der Waals surface area contributed by atoms with Gasteiger partial charge in [-0.25, -0.2) is 4.98 Å². The summed E-state index contributed by atoms with van der Waals surface area (Å²) in [7, 11) is 1.60. The van der Waals surface area contributed by atoms with Crippen LogP contribution in [0, 0.1) is 13.8 Å². The molecule has 6 nitrogen and oxygen atoms in total. The molecule has 0 unspecified atom stereocenters. The van der Waals surface area contributed by atoms with E-state index in [-0.39, 0.29) is 5.91 Å². The Labute approximate surface area is 194 Å². The average Bonchev–Trinajstić information content (AvgIpc) is 3.20. The van der Waals surface area contributed by atoms with Crippen LogP contribution < -0.4 is 14.8 Å². The fourth-order valence-electron chi connectivity index (χ4n) is 3.73. The molecule has 0 aliphatic carbocycles. The minimum absolute atomic E-state index is 0.144. The molecule has 0 bridgehead atoms. The number of para-hydroxylation sites is 2. The van der Waals surface area contributed by atoms with Gasteiger partial charge in [0.25, 0.3) is 5.91 Å². The van der Waals surface area contributed by atoms with Gasteiger partial charge in [-0.1, -0.05) is 18.2 Å². The van der Waals surface area contributed by atoms with Gasteiger partial charge in [-0.2, -0.15) is 0 Å². The lowest BCUT2D eigenvalue weighted by Gasteiger charge is -2.12. The summed E-state index contributed by atoms with van der Waals surface area (Å²) in [6.07, 6.45) is 0.826. The first-order valence-corrected chi connectivity index (χ1v) is 11.1. The van der Waals surface area contributed by atoms with E-state index in [0.717, 1.165) is 41.3 Å². The first-order valence-electron chi connectivity index (χ1n) is 11.1. The molecule has 0 spiro atoms. The number of hydrogen-bond donors (Lipinski definition) is 1. The molecule has 1 N–H and O–H groups in total. The summed E-state index contributed by atoms with van der Waals surface area (Å²) in [4.78, 5) is 17.4. The van der Waals surface area contributed by atoms with E-state index in [1.54, 1.807) is 31.4 Å². The van der Waals surface area contributed by atoms with E-state index < -0.39 is 0 Å². The molecule has 33 heavy (non-hydrogen) atoms. The molecule has 4 rings (SSSR count). The van der Waals surface area contributed by atoms with Crippen molar-refractivity contribution in [2.45, 2.75) is 33.4 Å². The zero-order chi connectivity index (χ0) is 23.2. The summed E-state index contributed by atoms with van der Waals surface area (Å²) in [6.45, 7) is 5.88. The van der Waals surface area contributed by atoms with Crippen LogP contribution in [0.2, 0.25) is 0 Å². The first kappa shape index (κ1) is 22.4. The Morgan fingerprint density at radius 3 is 2.48 bits per heavy atom. The lowest BCUT2D eigenvalue weighted by atomic mass is 10.1. The van der Waals surface area contributed by atoms with Crippen molar-refractivity contribution in [2.75, 3.05) is 13.7 Å². The van der Waals surface area contributed by atoms with Crippen molar-refractivity contribution < 1.29 is 14.3 Å². The number of benzene rings is 3. The minimum Gasteiger partial charge on any atom is -0.497 e. The maximum absolute atomic E-state index is 12.6. The Morgan fingerprint density at radius 2 is 1.73 bits per heavy atom. The molecule has 3 aromatic carbocycles. The molecule has 1 aromatic heterocycles. The van der Waals surface area contributed by atoms with E-state index in [0.29, 0.717) is 18.7 Å². The molecule has 170 valence electrons. The molecule has 4 aromatic rings. The molecule has 0 aliphatic heterocycles. The van der Waals surface area contributed by atoms with E-state index in [9.17, 15) is 4.79 Å². The number of imidazole rings is 1. The number of aromatic nitrogens is 2. The Kier molecular flexibility index (Phi) is 6.93. The number of rotatable bonds is 9. The topological polar surface area (TPSA) is 65.4 Å². The zero-order valence-electron chi connectivity index (χ0n) is 19.3. The van der Waals surface area contributed by atoms with Crippen LogP contribution in [0.4, 0.5) is 0 Å². The molecule has 1 heterocycles. The highest BCUT2D eigenvalue weighted by Gasteiger charge is 2.12. The monoisotopic (exact) mass is 443 g/mol. The Hall–Kier alpha value is -3.80. The predicted molar refractivity (Wildman–Crippen MR) is 130 cm³/mol. The Bertz CT molecular complexity index is 1250. The minimum atomic E-state index is -0.144. The molecule has 0 saturated heterocycles.